The third kappa shape index (κ3) is 4.84. The summed E-state index contributed by atoms with van der Waals surface area (Å²) < 4.78 is 75.2. The second-order valence-electron chi connectivity index (χ2n) is 7.24. The molecule has 0 saturated carbocycles. The maximum Gasteiger partial charge on any atom is 0.425 e. The summed E-state index contributed by atoms with van der Waals surface area (Å²) >= 11 is 0. The SMILES string of the molecule is C[C@@H](OC(=O)N1CCC2(CC1)CN(S(=O)(=O)c1ccccc1)CCO2)C(F)(F)F. The van der Waals surface area contributed by atoms with Gasteiger partial charge in [-0.15, -0.1) is 0 Å². The molecular formula is C18H23F3N2O5S. The highest BCUT2D eigenvalue weighted by Crippen LogP contribution is 2.33. The Morgan fingerprint density at radius 3 is 2.38 bits per heavy atom. The second kappa shape index (κ2) is 8.11. The largest absolute Gasteiger partial charge is 0.437 e. The number of sulfonamides is 1. The van der Waals surface area contributed by atoms with Gasteiger partial charge in [-0.25, -0.2) is 13.2 Å². The van der Waals surface area contributed by atoms with Crippen molar-refractivity contribution in [3.8, 4) is 0 Å². The number of hydrogen-bond acceptors (Lipinski definition) is 5. The molecule has 2 aliphatic rings. The maximum atomic E-state index is 12.9. The van der Waals surface area contributed by atoms with Crippen molar-refractivity contribution in [3.63, 3.8) is 0 Å². The van der Waals surface area contributed by atoms with Crippen molar-refractivity contribution in [2.45, 2.75) is 42.5 Å². The average molecular weight is 436 g/mol. The van der Waals surface area contributed by atoms with Gasteiger partial charge in [-0.3, -0.25) is 0 Å². The van der Waals surface area contributed by atoms with Crippen LogP contribution in [0.25, 0.3) is 0 Å². The molecule has 7 nitrogen and oxygen atoms in total. The average Bonchev–Trinajstić information content (AvgIpc) is 2.68. The van der Waals surface area contributed by atoms with Crippen LogP contribution in [0.3, 0.4) is 0 Å². The van der Waals surface area contributed by atoms with Crippen molar-refractivity contribution in [2.75, 3.05) is 32.8 Å². The first-order valence-electron chi connectivity index (χ1n) is 9.25. The quantitative estimate of drug-likeness (QED) is 0.728. The lowest BCUT2D eigenvalue weighted by molar-refractivity contribution is -0.200. The molecule has 0 radical (unpaired) electrons. The number of amides is 1. The van der Waals surface area contributed by atoms with E-state index >= 15 is 0 Å². The summed E-state index contributed by atoms with van der Waals surface area (Å²) in [6.07, 6.45) is -7.23. The van der Waals surface area contributed by atoms with E-state index in [1.165, 1.54) is 21.3 Å². The molecule has 2 aliphatic heterocycles. The molecular weight excluding hydrogens is 413 g/mol. The van der Waals surface area contributed by atoms with E-state index in [9.17, 15) is 26.4 Å². The van der Waals surface area contributed by atoms with E-state index in [4.69, 9.17) is 4.74 Å². The van der Waals surface area contributed by atoms with Crippen LogP contribution in [0.4, 0.5) is 18.0 Å². The Balaban J connectivity index is 1.62. The lowest BCUT2D eigenvalue weighted by Gasteiger charge is -2.46. The molecule has 2 heterocycles. The van der Waals surface area contributed by atoms with E-state index in [0.717, 1.165) is 6.92 Å². The lowest BCUT2D eigenvalue weighted by atomic mass is 9.90. The number of halogens is 3. The van der Waals surface area contributed by atoms with Gasteiger partial charge in [0, 0.05) is 26.2 Å². The molecule has 0 N–H and O–H groups in total. The predicted molar refractivity (Wildman–Crippen MR) is 96.7 cm³/mol. The molecule has 0 aromatic heterocycles. The van der Waals surface area contributed by atoms with E-state index in [1.807, 2.05) is 0 Å². The summed E-state index contributed by atoms with van der Waals surface area (Å²) in [5, 5.41) is 0. The molecule has 1 amide bonds. The molecule has 0 unspecified atom stereocenters. The third-order valence-corrected chi connectivity index (χ3v) is 7.13. The number of carbonyl (C=O) groups excluding carboxylic acids is 1. The molecule has 0 aliphatic carbocycles. The molecule has 29 heavy (non-hydrogen) atoms. The van der Waals surface area contributed by atoms with Crippen LogP contribution in [0.2, 0.25) is 0 Å². The first kappa shape index (κ1) is 21.8. The fourth-order valence-corrected chi connectivity index (χ4v) is 4.97. The second-order valence-corrected chi connectivity index (χ2v) is 9.18. The Labute approximate surface area is 167 Å². The van der Waals surface area contributed by atoms with E-state index in [0.29, 0.717) is 12.8 Å². The van der Waals surface area contributed by atoms with Crippen LogP contribution in [0.5, 0.6) is 0 Å². The van der Waals surface area contributed by atoms with Crippen LogP contribution in [0.1, 0.15) is 19.8 Å². The monoisotopic (exact) mass is 436 g/mol. The first-order valence-corrected chi connectivity index (χ1v) is 10.7. The fourth-order valence-electron chi connectivity index (χ4n) is 3.45. The summed E-state index contributed by atoms with van der Waals surface area (Å²) in [6, 6.07) is 8.08. The minimum atomic E-state index is -4.62. The van der Waals surface area contributed by atoms with E-state index in [2.05, 4.69) is 4.74 Å². The van der Waals surface area contributed by atoms with Crippen molar-refractivity contribution in [1.82, 2.24) is 9.21 Å². The van der Waals surface area contributed by atoms with Gasteiger partial charge in [0.15, 0.2) is 6.10 Å². The summed E-state index contributed by atoms with van der Waals surface area (Å²) in [5.74, 6) is 0. The Hall–Kier alpha value is -1.85. The third-order valence-electron chi connectivity index (χ3n) is 5.27. The number of morpholine rings is 1. The molecule has 1 atom stereocenters. The Kier molecular flexibility index (Phi) is 6.11. The van der Waals surface area contributed by atoms with Crippen LogP contribution in [0.15, 0.2) is 35.2 Å². The van der Waals surface area contributed by atoms with Crippen molar-refractivity contribution in [1.29, 1.82) is 0 Å². The van der Waals surface area contributed by atoms with Crippen LogP contribution in [-0.4, -0.2) is 74.4 Å². The Bertz CT molecular complexity index is 824. The zero-order chi connectivity index (χ0) is 21.3. The minimum absolute atomic E-state index is 0.128. The van der Waals surface area contributed by atoms with Crippen LogP contribution in [0, 0.1) is 0 Å². The van der Waals surface area contributed by atoms with Crippen molar-refractivity contribution >= 4 is 16.1 Å². The number of rotatable bonds is 3. The molecule has 11 heteroatoms. The zero-order valence-electron chi connectivity index (χ0n) is 15.9. The van der Waals surface area contributed by atoms with Gasteiger partial charge in [0.1, 0.15) is 0 Å². The normalized spacial score (nSPS) is 21.7. The van der Waals surface area contributed by atoms with Gasteiger partial charge in [-0.1, -0.05) is 18.2 Å². The highest BCUT2D eigenvalue weighted by molar-refractivity contribution is 7.89. The summed E-state index contributed by atoms with van der Waals surface area (Å²) in [5.41, 5.74) is -0.771. The summed E-state index contributed by atoms with van der Waals surface area (Å²) in [4.78, 5) is 13.4. The lowest BCUT2D eigenvalue weighted by Crippen LogP contribution is -2.58. The molecule has 3 rings (SSSR count). The van der Waals surface area contributed by atoms with Crippen molar-refractivity contribution in [2.24, 2.45) is 0 Å². The predicted octanol–water partition coefficient (Wildman–Crippen LogP) is 2.63. The van der Waals surface area contributed by atoms with Gasteiger partial charge >= 0.3 is 12.3 Å². The minimum Gasteiger partial charge on any atom is -0.437 e. The highest BCUT2D eigenvalue weighted by Gasteiger charge is 2.45. The highest BCUT2D eigenvalue weighted by atomic mass is 32.2. The molecule has 0 bridgehead atoms. The molecule has 1 aromatic rings. The van der Waals surface area contributed by atoms with E-state index in [1.54, 1.807) is 18.2 Å². The van der Waals surface area contributed by atoms with Crippen LogP contribution in [-0.2, 0) is 19.5 Å². The topological polar surface area (TPSA) is 76.2 Å². The Morgan fingerprint density at radius 1 is 1.17 bits per heavy atom. The number of hydrogen-bond donors (Lipinski definition) is 0. The maximum absolute atomic E-state index is 12.9. The number of nitrogens with zero attached hydrogens (tertiary/aromatic N) is 2. The van der Waals surface area contributed by atoms with E-state index < -0.39 is 34.0 Å². The van der Waals surface area contributed by atoms with Gasteiger partial charge in [-0.05, 0) is 31.9 Å². The zero-order valence-corrected chi connectivity index (χ0v) is 16.7. The number of benzene rings is 1. The molecule has 1 aromatic carbocycles. The number of alkyl halides is 3. The fraction of sp³-hybridized carbons (Fsp3) is 0.611. The smallest absolute Gasteiger partial charge is 0.425 e. The molecule has 162 valence electrons. The Morgan fingerprint density at radius 2 is 1.79 bits per heavy atom. The molecule has 1 spiro atoms. The number of carbonyl (C=O) groups is 1. The number of ether oxygens (including phenoxy) is 2. The van der Waals surface area contributed by atoms with E-state index in [-0.39, 0.29) is 37.7 Å². The van der Waals surface area contributed by atoms with Gasteiger partial charge in [-0.2, -0.15) is 17.5 Å². The molecule has 2 saturated heterocycles. The van der Waals surface area contributed by atoms with Gasteiger partial charge < -0.3 is 14.4 Å². The molecule has 2 fully saturated rings. The number of likely N-dealkylation sites (tertiary alicyclic amines) is 1. The summed E-state index contributed by atoms with van der Waals surface area (Å²) in [7, 11) is -3.68. The van der Waals surface area contributed by atoms with Crippen molar-refractivity contribution in [3.05, 3.63) is 30.3 Å². The standard InChI is InChI=1S/C18H23F3N2O5S/c1-14(18(19,20)21)28-16(24)22-9-7-17(8-10-22)13-23(11-12-27-17)29(25,26)15-5-3-2-4-6-15/h2-6,14H,7-13H2,1H3/t14-/m1/s1. The van der Waals surface area contributed by atoms with Crippen molar-refractivity contribution < 1.29 is 35.9 Å². The first-order chi connectivity index (χ1) is 13.5. The summed E-state index contributed by atoms with van der Waals surface area (Å²) in [6.45, 7) is 1.59. The number of piperidine rings is 1. The van der Waals surface area contributed by atoms with Crippen LogP contribution >= 0.6 is 0 Å². The van der Waals surface area contributed by atoms with Crippen LogP contribution < -0.4 is 0 Å². The van der Waals surface area contributed by atoms with Gasteiger partial charge in [0.05, 0.1) is 17.1 Å². The van der Waals surface area contributed by atoms with Gasteiger partial charge in [0.25, 0.3) is 0 Å². The van der Waals surface area contributed by atoms with Gasteiger partial charge in [0.2, 0.25) is 10.0 Å².